The second kappa shape index (κ2) is 6.36. The first-order valence-electron chi connectivity index (χ1n) is 5.70. The topological polar surface area (TPSA) is 43.4 Å². The van der Waals surface area contributed by atoms with E-state index >= 15 is 0 Å². The van der Waals surface area contributed by atoms with Crippen molar-refractivity contribution in [1.82, 2.24) is 0 Å². The van der Waals surface area contributed by atoms with Gasteiger partial charge in [-0.2, -0.15) is 8.78 Å². The van der Waals surface area contributed by atoms with Gasteiger partial charge in [-0.1, -0.05) is 0 Å². The molecule has 0 spiro atoms. The average Bonchev–Trinajstić information content (AvgIpc) is 2.37. The van der Waals surface area contributed by atoms with Crippen LogP contribution in [0.1, 0.15) is 30.1 Å². The Morgan fingerprint density at radius 2 is 1.79 bits per heavy atom. The van der Waals surface area contributed by atoms with Gasteiger partial charge in [0.15, 0.2) is 5.78 Å². The summed E-state index contributed by atoms with van der Waals surface area (Å²) in [7, 11) is 0. The van der Waals surface area contributed by atoms with Crippen molar-refractivity contribution in [3.8, 4) is 0 Å². The van der Waals surface area contributed by atoms with E-state index < -0.39 is 36.3 Å². The second-order valence-electron chi connectivity index (χ2n) is 3.85. The molecule has 0 saturated carbocycles. The molecule has 3 nitrogen and oxygen atoms in total. The van der Waals surface area contributed by atoms with Gasteiger partial charge in [0.2, 0.25) is 0 Å². The van der Waals surface area contributed by atoms with Gasteiger partial charge in [-0.15, -0.1) is 0 Å². The molecule has 0 aliphatic rings. The number of esters is 1. The second-order valence-corrected chi connectivity index (χ2v) is 3.85. The van der Waals surface area contributed by atoms with Gasteiger partial charge in [0, 0.05) is 18.4 Å². The molecule has 1 aromatic rings. The Labute approximate surface area is 108 Å². The van der Waals surface area contributed by atoms with E-state index in [9.17, 15) is 22.8 Å². The molecule has 0 aliphatic carbocycles. The summed E-state index contributed by atoms with van der Waals surface area (Å²) in [4.78, 5) is 22.5. The number of halogens is 3. The molecule has 0 atom stereocenters. The summed E-state index contributed by atoms with van der Waals surface area (Å²) in [5.74, 6) is -6.43. The molecule has 1 aromatic carbocycles. The van der Waals surface area contributed by atoms with Crippen LogP contribution in [0.15, 0.2) is 24.3 Å². The average molecular weight is 274 g/mol. The van der Waals surface area contributed by atoms with E-state index in [1.165, 1.54) is 19.1 Å². The van der Waals surface area contributed by atoms with E-state index in [-0.39, 0.29) is 12.2 Å². The Kier molecular flexibility index (Phi) is 5.09. The van der Waals surface area contributed by atoms with Crippen LogP contribution in [0.5, 0.6) is 0 Å². The fraction of sp³-hybridized carbons (Fsp3) is 0.385. The molecule has 0 amide bonds. The van der Waals surface area contributed by atoms with Gasteiger partial charge in [0.05, 0.1) is 6.61 Å². The lowest BCUT2D eigenvalue weighted by Gasteiger charge is -2.13. The third kappa shape index (κ3) is 4.39. The van der Waals surface area contributed by atoms with E-state index in [0.717, 1.165) is 12.1 Å². The molecule has 0 aromatic heterocycles. The predicted molar refractivity (Wildman–Crippen MR) is 61.5 cm³/mol. The van der Waals surface area contributed by atoms with Crippen LogP contribution >= 0.6 is 0 Å². The number of carbonyl (C=O) groups excluding carboxylic acids is 2. The number of hydrogen-bond acceptors (Lipinski definition) is 3. The molecule has 0 fully saturated rings. The Morgan fingerprint density at radius 1 is 1.21 bits per heavy atom. The van der Waals surface area contributed by atoms with Crippen molar-refractivity contribution < 1.29 is 27.5 Å². The Bertz CT molecular complexity index is 455. The third-order valence-corrected chi connectivity index (χ3v) is 2.41. The van der Waals surface area contributed by atoms with Crippen LogP contribution in [0.3, 0.4) is 0 Å². The van der Waals surface area contributed by atoms with Gasteiger partial charge in [-0.25, -0.2) is 9.18 Å². The monoisotopic (exact) mass is 274 g/mol. The van der Waals surface area contributed by atoms with Gasteiger partial charge in [-0.05, 0) is 31.2 Å². The number of carbonyl (C=O) groups is 2. The zero-order valence-electron chi connectivity index (χ0n) is 10.3. The minimum absolute atomic E-state index is 0.126. The van der Waals surface area contributed by atoms with Crippen LogP contribution in [-0.4, -0.2) is 24.3 Å². The molecule has 6 heteroatoms. The standard InChI is InChI=1S/C13H13F3O3/c1-2-19-12(18)13(15,16)8-7-11(17)9-3-5-10(14)6-4-9/h3-6H,2,7-8H2,1H3. The molecule has 1 rings (SSSR count). The van der Waals surface area contributed by atoms with Crippen LogP contribution in [0.4, 0.5) is 13.2 Å². The number of hydrogen-bond donors (Lipinski definition) is 0. The quantitative estimate of drug-likeness (QED) is 0.591. The molecule has 0 saturated heterocycles. The number of ketones is 1. The maximum atomic E-state index is 13.3. The van der Waals surface area contributed by atoms with Gasteiger partial charge in [0.1, 0.15) is 5.82 Å². The Balaban J connectivity index is 2.58. The molecule has 0 aliphatic heterocycles. The minimum atomic E-state index is -3.69. The van der Waals surface area contributed by atoms with Crippen molar-refractivity contribution in [1.29, 1.82) is 0 Å². The zero-order chi connectivity index (χ0) is 14.5. The number of ether oxygens (including phenoxy) is 1. The Hall–Kier alpha value is -1.85. The summed E-state index contributed by atoms with van der Waals surface area (Å²) in [6, 6.07) is 4.55. The van der Waals surface area contributed by atoms with Gasteiger partial charge in [0.25, 0.3) is 0 Å². The van der Waals surface area contributed by atoms with Crippen molar-refractivity contribution in [2.24, 2.45) is 0 Å². The highest BCUT2D eigenvalue weighted by atomic mass is 19.3. The Morgan fingerprint density at radius 3 is 2.32 bits per heavy atom. The summed E-state index contributed by atoms with van der Waals surface area (Å²) in [5.41, 5.74) is 0.126. The predicted octanol–water partition coefficient (Wildman–Crippen LogP) is 2.99. The summed E-state index contributed by atoms with van der Waals surface area (Å²) in [6.45, 7) is 1.26. The van der Waals surface area contributed by atoms with Crippen LogP contribution in [0.2, 0.25) is 0 Å². The first-order chi connectivity index (χ1) is 8.86. The molecular weight excluding hydrogens is 261 g/mol. The van der Waals surface area contributed by atoms with Crippen molar-refractivity contribution in [2.45, 2.75) is 25.7 Å². The summed E-state index contributed by atoms with van der Waals surface area (Å²) in [6.07, 6.45) is -1.44. The number of alkyl halides is 2. The van der Waals surface area contributed by atoms with Crippen molar-refractivity contribution in [3.05, 3.63) is 35.6 Å². The van der Waals surface area contributed by atoms with E-state index in [4.69, 9.17) is 0 Å². The van der Waals surface area contributed by atoms with E-state index in [2.05, 4.69) is 4.74 Å². The highest BCUT2D eigenvalue weighted by molar-refractivity contribution is 5.96. The van der Waals surface area contributed by atoms with Crippen LogP contribution in [0.25, 0.3) is 0 Å². The summed E-state index contributed by atoms with van der Waals surface area (Å²) in [5, 5.41) is 0. The number of rotatable bonds is 6. The number of Topliss-reactive ketones (excluding diaryl/α,β-unsaturated/α-hetero) is 1. The smallest absolute Gasteiger partial charge is 0.376 e. The van der Waals surface area contributed by atoms with Crippen molar-refractivity contribution in [3.63, 3.8) is 0 Å². The minimum Gasteiger partial charge on any atom is -0.462 e. The lowest BCUT2D eigenvalue weighted by molar-refractivity contribution is -0.172. The fourth-order valence-corrected chi connectivity index (χ4v) is 1.39. The van der Waals surface area contributed by atoms with E-state index in [0.29, 0.717) is 0 Å². The maximum Gasteiger partial charge on any atom is 0.376 e. The van der Waals surface area contributed by atoms with E-state index in [1.807, 2.05) is 0 Å². The maximum absolute atomic E-state index is 13.3. The largest absolute Gasteiger partial charge is 0.462 e. The molecule has 104 valence electrons. The first kappa shape index (κ1) is 15.2. The van der Waals surface area contributed by atoms with Crippen molar-refractivity contribution in [2.75, 3.05) is 6.61 Å². The molecule has 0 N–H and O–H groups in total. The fourth-order valence-electron chi connectivity index (χ4n) is 1.39. The number of benzene rings is 1. The van der Waals surface area contributed by atoms with Crippen LogP contribution in [0, 0.1) is 5.82 Å². The van der Waals surface area contributed by atoms with Crippen LogP contribution < -0.4 is 0 Å². The summed E-state index contributed by atoms with van der Waals surface area (Å²) < 4.78 is 43.3. The van der Waals surface area contributed by atoms with Gasteiger partial charge >= 0.3 is 11.9 Å². The lowest BCUT2D eigenvalue weighted by Crippen LogP contribution is -2.31. The summed E-state index contributed by atoms with van der Waals surface area (Å²) >= 11 is 0. The SMILES string of the molecule is CCOC(=O)C(F)(F)CCC(=O)c1ccc(F)cc1. The zero-order valence-corrected chi connectivity index (χ0v) is 10.3. The van der Waals surface area contributed by atoms with Gasteiger partial charge < -0.3 is 4.74 Å². The molecule has 0 heterocycles. The lowest BCUT2D eigenvalue weighted by atomic mass is 10.0. The van der Waals surface area contributed by atoms with Crippen LogP contribution in [-0.2, 0) is 9.53 Å². The van der Waals surface area contributed by atoms with Gasteiger partial charge in [-0.3, -0.25) is 4.79 Å². The third-order valence-electron chi connectivity index (χ3n) is 2.41. The van der Waals surface area contributed by atoms with Crippen molar-refractivity contribution >= 4 is 11.8 Å². The molecule has 19 heavy (non-hydrogen) atoms. The normalized spacial score (nSPS) is 11.2. The highest BCUT2D eigenvalue weighted by Crippen LogP contribution is 2.23. The first-order valence-corrected chi connectivity index (χ1v) is 5.70. The molecule has 0 unspecified atom stereocenters. The molecule has 0 radical (unpaired) electrons. The van der Waals surface area contributed by atoms with E-state index in [1.54, 1.807) is 0 Å². The molecular formula is C13H13F3O3. The highest BCUT2D eigenvalue weighted by Gasteiger charge is 2.40. The molecule has 0 bridgehead atoms.